The summed E-state index contributed by atoms with van der Waals surface area (Å²) < 4.78 is 11.7. The molecule has 32 heavy (non-hydrogen) atoms. The number of halogens is 1. The first-order valence-electron chi connectivity index (χ1n) is 10.3. The maximum atomic E-state index is 13.4. The van der Waals surface area contributed by atoms with Crippen LogP contribution in [0.4, 0.5) is 0 Å². The van der Waals surface area contributed by atoms with Crippen molar-refractivity contribution in [3.05, 3.63) is 98.7 Å². The molecular weight excluding hydrogens is 424 g/mol. The molecule has 0 amide bonds. The first kappa shape index (κ1) is 21.8. The van der Waals surface area contributed by atoms with E-state index in [1.165, 1.54) is 0 Å². The molecule has 0 radical (unpaired) electrons. The van der Waals surface area contributed by atoms with Gasteiger partial charge in [-0.15, -0.1) is 0 Å². The lowest BCUT2D eigenvalue weighted by atomic mass is 9.86. The van der Waals surface area contributed by atoms with E-state index in [4.69, 9.17) is 20.8 Å². The second-order valence-electron chi connectivity index (χ2n) is 8.77. The summed E-state index contributed by atoms with van der Waals surface area (Å²) in [5.74, 6) is -0.591. The van der Waals surface area contributed by atoms with Crippen LogP contribution in [-0.2, 0) is 5.41 Å². The normalized spacial score (nSPS) is 11.5. The molecule has 0 unspecified atom stereocenters. The van der Waals surface area contributed by atoms with Crippen LogP contribution in [0.15, 0.2) is 75.9 Å². The highest BCUT2D eigenvalue weighted by Crippen LogP contribution is 2.34. The SMILES string of the molecule is Cc1cc2oc(-c3ccc(C(C)(C)C)cc3)c(OC(=O)c3ccccc3)c(=O)c2cc1Cl. The molecule has 0 N–H and O–H groups in total. The van der Waals surface area contributed by atoms with Crippen molar-refractivity contribution in [2.75, 3.05) is 0 Å². The van der Waals surface area contributed by atoms with Gasteiger partial charge in [-0.3, -0.25) is 4.79 Å². The van der Waals surface area contributed by atoms with Gasteiger partial charge in [0.05, 0.1) is 10.9 Å². The number of ether oxygens (including phenoxy) is 1. The number of esters is 1. The molecule has 1 heterocycles. The average molecular weight is 447 g/mol. The summed E-state index contributed by atoms with van der Waals surface area (Å²) >= 11 is 6.24. The summed E-state index contributed by atoms with van der Waals surface area (Å²) in [6, 6.07) is 19.5. The van der Waals surface area contributed by atoms with Crippen LogP contribution in [-0.4, -0.2) is 5.97 Å². The molecule has 4 aromatic rings. The van der Waals surface area contributed by atoms with E-state index in [9.17, 15) is 9.59 Å². The van der Waals surface area contributed by atoms with Crippen molar-refractivity contribution >= 4 is 28.5 Å². The van der Waals surface area contributed by atoms with E-state index in [0.717, 1.165) is 11.1 Å². The number of aryl methyl sites for hydroxylation is 1. The predicted octanol–water partition coefficient (Wildman–Crippen LogP) is 6.94. The third-order valence-corrected chi connectivity index (χ3v) is 5.75. The Balaban J connectivity index is 1.91. The molecule has 0 spiro atoms. The summed E-state index contributed by atoms with van der Waals surface area (Å²) in [6.07, 6.45) is 0. The molecule has 5 heteroatoms. The van der Waals surface area contributed by atoms with Crippen molar-refractivity contribution in [3.63, 3.8) is 0 Å². The average Bonchev–Trinajstić information content (AvgIpc) is 2.77. The Morgan fingerprint density at radius 2 is 1.62 bits per heavy atom. The Hall–Kier alpha value is -3.37. The zero-order chi connectivity index (χ0) is 23.0. The first-order chi connectivity index (χ1) is 15.1. The van der Waals surface area contributed by atoms with Crippen LogP contribution in [0.3, 0.4) is 0 Å². The largest absolute Gasteiger partial charge is 0.452 e. The number of hydrogen-bond acceptors (Lipinski definition) is 4. The lowest BCUT2D eigenvalue weighted by Gasteiger charge is -2.19. The Morgan fingerprint density at radius 1 is 0.969 bits per heavy atom. The fourth-order valence-corrected chi connectivity index (χ4v) is 3.59. The molecule has 0 bridgehead atoms. The Bertz CT molecular complexity index is 1360. The Morgan fingerprint density at radius 3 is 2.25 bits per heavy atom. The van der Waals surface area contributed by atoms with E-state index < -0.39 is 11.4 Å². The Kier molecular flexibility index (Phi) is 5.66. The number of rotatable bonds is 3. The highest BCUT2D eigenvalue weighted by molar-refractivity contribution is 6.32. The zero-order valence-electron chi connectivity index (χ0n) is 18.4. The van der Waals surface area contributed by atoms with Crippen LogP contribution in [0.25, 0.3) is 22.3 Å². The van der Waals surface area contributed by atoms with Gasteiger partial charge in [0.1, 0.15) is 5.58 Å². The van der Waals surface area contributed by atoms with Crippen LogP contribution >= 0.6 is 11.6 Å². The lowest BCUT2D eigenvalue weighted by molar-refractivity contribution is 0.0731. The number of carbonyl (C=O) groups excluding carboxylic acids is 1. The highest BCUT2D eigenvalue weighted by atomic mass is 35.5. The van der Waals surface area contributed by atoms with E-state index in [-0.39, 0.29) is 22.3 Å². The fourth-order valence-electron chi connectivity index (χ4n) is 3.43. The molecule has 0 atom stereocenters. The molecule has 0 fully saturated rings. The third-order valence-electron chi connectivity index (χ3n) is 5.35. The number of hydrogen-bond donors (Lipinski definition) is 0. The molecule has 3 aromatic carbocycles. The topological polar surface area (TPSA) is 56.5 Å². The quantitative estimate of drug-likeness (QED) is 0.320. The second-order valence-corrected chi connectivity index (χ2v) is 9.18. The van der Waals surface area contributed by atoms with Gasteiger partial charge >= 0.3 is 5.97 Å². The maximum Gasteiger partial charge on any atom is 0.343 e. The number of fused-ring (bicyclic) bond motifs is 1. The van der Waals surface area contributed by atoms with Crippen LogP contribution in [0.2, 0.25) is 5.02 Å². The smallest absolute Gasteiger partial charge is 0.343 e. The summed E-state index contributed by atoms with van der Waals surface area (Å²) in [4.78, 5) is 26.1. The van der Waals surface area contributed by atoms with Crippen molar-refractivity contribution in [2.45, 2.75) is 33.1 Å². The highest BCUT2D eigenvalue weighted by Gasteiger charge is 2.23. The minimum absolute atomic E-state index is 0.0286. The molecule has 1 aromatic heterocycles. The van der Waals surface area contributed by atoms with Crippen molar-refractivity contribution in [3.8, 4) is 17.1 Å². The molecule has 4 rings (SSSR count). The molecule has 0 saturated heterocycles. The van der Waals surface area contributed by atoms with E-state index in [2.05, 4.69) is 20.8 Å². The van der Waals surface area contributed by atoms with Gasteiger partial charge in [-0.05, 0) is 47.7 Å². The van der Waals surface area contributed by atoms with Gasteiger partial charge < -0.3 is 9.15 Å². The van der Waals surface area contributed by atoms with Crippen molar-refractivity contribution in [1.29, 1.82) is 0 Å². The van der Waals surface area contributed by atoms with E-state index in [1.807, 2.05) is 31.2 Å². The second kappa shape index (κ2) is 8.29. The van der Waals surface area contributed by atoms with E-state index in [1.54, 1.807) is 42.5 Å². The molecule has 0 saturated carbocycles. The minimum Gasteiger partial charge on any atom is -0.452 e. The van der Waals surface area contributed by atoms with Gasteiger partial charge in [0, 0.05) is 10.6 Å². The molecular formula is C27H23ClO4. The van der Waals surface area contributed by atoms with Gasteiger partial charge in [0.25, 0.3) is 0 Å². The monoisotopic (exact) mass is 446 g/mol. The lowest BCUT2D eigenvalue weighted by Crippen LogP contribution is -2.16. The van der Waals surface area contributed by atoms with Crippen LogP contribution < -0.4 is 10.2 Å². The van der Waals surface area contributed by atoms with Gasteiger partial charge in [0.2, 0.25) is 11.2 Å². The summed E-state index contributed by atoms with van der Waals surface area (Å²) in [7, 11) is 0. The standard InChI is InChI=1S/C27H23ClO4/c1-16-14-22-20(15-21(16)28)23(29)25(32-26(30)18-8-6-5-7-9-18)24(31-22)17-10-12-19(13-11-17)27(2,3)4/h5-15H,1-4H3. The number of benzene rings is 3. The molecule has 0 aliphatic carbocycles. The predicted molar refractivity (Wildman–Crippen MR) is 128 cm³/mol. The van der Waals surface area contributed by atoms with Gasteiger partial charge in [0.15, 0.2) is 5.76 Å². The fraction of sp³-hybridized carbons (Fsp3) is 0.185. The molecule has 162 valence electrons. The molecule has 0 aliphatic rings. The summed E-state index contributed by atoms with van der Waals surface area (Å²) in [6.45, 7) is 8.20. The van der Waals surface area contributed by atoms with Crippen LogP contribution in [0.1, 0.15) is 42.3 Å². The van der Waals surface area contributed by atoms with Crippen LogP contribution in [0, 0.1) is 6.92 Å². The van der Waals surface area contributed by atoms with E-state index >= 15 is 0 Å². The zero-order valence-corrected chi connectivity index (χ0v) is 19.1. The minimum atomic E-state index is -0.636. The number of carbonyl (C=O) groups is 1. The first-order valence-corrected chi connectivity index (χ1v) is 10.7. The van der Waals surface area contributed by atoms with Gasteiger partial charge in [-0.25, -0.2) is 4.79 Å². The third kappa shape index (κ3) is 4.19. The maximum absolute atomic E-state index is 13.4. The van der Waals surface area contributed by atoms with Gasteiger partial charge in [-0.1, -0.05) is 74.8 Å². The van der Waals surface area contributed by atoms with Gasteiger partial charge in [-0.2, -0.15) is 0 Å². The van der Waals surface area contributed by atoms with E-state index in [0.29, 0.717) is 21.7 Å². The van der Waals surface area contributed by atoms with Crippen LogP contribution in [0.5, 0.6) is 5.75 Å². The van der Waals surface area contributed by atoms with Crippen molar-refractivity contribution in [2.24, 2.45) is 0 Å². The summed E-state index contributed by atoms with van der Waals surface area (Å²) in [5, 5.41) is 0.693. The van der Waals surface area contributed by atoms with Crippen molar-refractivity contribution < 1.29 is 13.9 Å². The molecule has 0 aliphatic heterocycles. The summed E-state index contributed by atoms with van der Waals surface area (Å²) in [5.41, 5.74) is 2.79. The molecule has 4 nitrogen and oxygen atoms in total. The van der Waals surface area contributed by atoms with Crippen molar-refractivity contribution in [1.82, 2.24) is 0 Å². The Labute approximate surface area is 191 Å².